The normalized spacial score (nSPS) is 10.9. The van der Waals surface area contributed by atoms with Gasteiger partial charge in [-0.1, -0.05) is 147 Å². The van der Waals surface area contributed by atoms with E-state index in [0.717, 1.165) is 69.2 Å². The second kappa shape index (κ2) is 16.1. The van der Waals surface area contributed by atoms with Crippen LogP contribution in [0.15, 0.2) is 208 Å². The standard InChI is InChI=1S/C54H44N2/c1-5-13-40-21-31-46(32-22-40)56(53-37-27-41(8-4)49-15-9-11-17-51(49)53)48-35-25-43(26-36-48)42-23-33-47(34-24-42)55(45-29-19-39(7-3)20-30-45)54-38-28-44(14-6-2)50-16-10-12-18-52(50)54/h5-12,15-38H,1-4,13-14H2. The van der Waals surface area contributed by atoms with Gasteiger partial charge in [0.05, 0.1) is 11.4 Å². The highest BCUT2D eigenvalue weighted by Crippen LogP contribution is 2.43. The molecule has 0 radical (unpaired) electrons. The van der Waals surface area contributed by atoms with Crippen molar-refractivity contribution in [2.24, 2.45) is 0 Å². The van der Waals surface area contributed by atoms with Gasteiger partial charge in [0.2, 0.25) is 0 Å². The molecule has 0 bridgehead atoms. The van der Waals surface area contributed by atoms with Crippen LogP contribution in [0.25, 0.3) is 44.8 Å². The molecule has 0 unspecified atom stereocenters. The van der Waals surface area contributed by atoms with Crippen molar-refractivity contribution in [1.82, 2.24) is 0 Å². The quantitative estimate of drug-likeness (QED) is 0.109. The summed E-state index contributed by atoms with van der Waals surface area (Å²) in [6.45, 7) is 16.0. The lowest BCUT2D eigenvalue weighted by Gasteiger charge is -2.28. The van der Waals surface area contributed by atoms with Gasteiger partial charge in [0.1, 0.15) is 0 Å². The fourth-order valence-electron chi connectivity index (χ4n) is 7.72. The largest absolute Gasteiger partial charge is 0.310 e. The van der Waals surface area contributed by atoms with Crippen LogP contribution in [0, 0.1) is 0 Å². The molecule has 0 N–H and O–H groups in total. The molecule has 0 aromatic heterocycles. The Hall–Kier alpha value is -7.16. The highest BCUT2D eigenvalue weighted by atomic mass is 15.1. The molecular weight excluding hydrogens is 677 g/mol. The maximum atomic E-state index is 4.08. The van der Waals surface area contributed by atoms with Gasteiger partial charge in [0, 0.05) is 33.5 Å². The summed E-state index contributed by atoms with van der Waals surface area (Å²) in [6.07, 6.45) is 9.39. The molecule has 0 saturated carbocycles. The van der Waals surface area contributed by atoms with Crippen LogP contribution in [0.5, 0.6) is 0 Å². The fraction of sp³-hybridized carbons (Fsp3) is 0.0370. The Balaban J connectivity index is 1.18. The molecule has 270 valence electrons. The predicted molar refractivity (Wildman–Crippen MR) is 244 cm³/mol. The molecule has 2 heteroatoms. The zero-order chi connectivity index (χ0) is 38.4. The average Bonchev–Trinajstić information content (AvgIpc) is 3.26. The summed E-state index contributed by atoms with van der Waals surface area (Å²) in [4.78, 5) is 4.69. The summed E-state index contributed by atoms with van der Waals surface area (Å²) in [5.74, 6) is 0. The van der Waals surface area contributed by atoms with E-state index in [-0.39, 0.29) is 0 Å². The predicted octanol–water partition coefficient (Wildman–Crippen LogP) is 15.3. The topological polar surface area (TPSA) is 6.48 Å². The summed E-state index contributed by atoms with van der Waals surface area (Å²) >= 11 is 0. The Kier molecular flexibility index (Phi) is 10.3. The van der Waals surface area contributed by atoms with Crippen LogP contribution in [0.1, 0.15) is 22.3 Å². The molecule has 0 heterocycles. The second-order valence-electron chi connectivity index (χ2n) is 13.9. The van der Waals surface area contributed by atoms with Crippen LogP contribution in [0.2, 0.25) is 0 Å². The third-order valence-corrected chi connectivity index (χ3v) is 10.5. The van der Waals surface area contributed by atoms with Crippen molar-refractivity contribution in [1.29, 1.82) is 0 Å². The molecule has 56 heavy (non-hydrogen) atoms. The van der Waals surface area contributed by atoms with Crippen LogP contribution < -0.4 is 9.80 Å². The maximum Gasteiger partial charge on any atom is 0.0540 e. The second-order valence-corrected chi connectivity index (χ2v) is 13.9. The zero-order valence-electron chi connectivity index (χ0n) is 31.6. The van der Waals surface area contributed by atoms with Crippen molar-refractivity contribution >= 4 is 67.8 Å². The molecule has 0 saturated heterocycles. The van der Waals surface area contributed by atoms with Crippen molar-refractivity contribution in [2.75, 3.05) is 9.80 Å². The first-order valence-electron chi connectivity index (χ1n) is 19.1. The minimum Gasteiger partial charge on any atom is -0.310 e. The van der Waals surface area contributed by atoms with E-state index in [4.69, 9.17) is 0 Å². The van der Waals surface area contributed by atoms with E-state index >= 15 is 0 Å². The number of nitrogens with zero attached hydrogens (tertiary/aromatic N) is 2. The summed E-state index contributed by atoms with van der Waals surface area (Å²) in [6, 6.07) is 61.2. The van der Waals surface area contributed by atoms with Gasteiger partial charge in [-0.3, -0.25) is 0 Å². The highest BCUT2D eigenvalue weighted by molar-refractivity contribution is 6.03. The third-order valence-electron chi connectivity index (χ3n) is 10.5. The Morgan fingerprint density at radius 2 is 0.821 bits per heavy atom. The van der Waals surface area contributed by atoms with Gasteiger partial charge in [0.25, 0.3) is 0 Å². The van der Waals surface area contributed by atoms with Crippen molar-refractivity contribution in [2.45, 2.75) is 12.8 Å². The number of hydrogen-bond donors (Lipinski definition) is 0. The molecule has 0 aliphatic rings. The first-order valence-corrected chi connectivity index (χ1v) is 19.1. The number of rotatable bonds is 13. The SMILES string of the molecule is C=CCc1ccc(N(c2ccc(-c3ccc(N(c4ccc(C=C)cc4)c4ccc(CC=C)c5ccccc45)cc3)cc2)c2ccc(C=C)c3ccccc23)cc1. The van der Waals surface area contributed by atoms with Crippen LogP contribution in [0.4, 0.5) is 34.1 Å². The van der Waals surface area contributed by atoms with E-state index < -0.39 is 0 Å². The van der Waals surface area contributed by atoms with Crippen LogP contribution in [-0.2, 0) is 12.8 Å². The number of anilines is 6. The van der Waals surface area contributed by atoms with E-state index in [2.05, 4.69) is 206 Å². The van der Waals surface area contributed by atoms with Crippen molar-refractivity contribution in [3.63, 3.8) is 0 Å². The van der Waals surface area contributed by atoms with Gasteiger partial charge in [-0.25, -0.2) is 0 Å². The van der Waals surface area contributed by atoms with Gasteiger partial charge in [-0.15, -0.1) is 13.2 Å². The average molecular weight is 721 g/mol. The van der Waals surface area contributed by atoms with Crippen LogP contribution >= 0.6 is 0 Å². The van der Waals surface area contributed by atoms with E-state index in [1.807, 2.05) is 24.3 Å². The summed E-state index contributed by atoms with van der Waals surface area (Å²) in [7, 11) is 0. The molecule has 0 aliphatic carbocycles. The van der Waals surface area contributed by atoms with E-state index in [9.17, 15) is 0 Å². The van der Waals surface area contributed by atoms with Gasteiger partial charge in [-0.2, -0.15) is 0 Å². The van der Waals surface area contributed by atoms with E-state index in [1.54, 1.807) is 0 Å². The first kappa shape index (κ1) is 35.8. The minimum absolute atomic E-state index is 0.820. The van der Waals surface area contributed by atoms with Crippen LogP contribution in [-0.4, -0.2) is 0 Å². The molecule has 8 rings (SSSR count). The Labute approximate surface area is 330 Å². The van der Waals surface area contributed by atoms with Crippen LogP contribution in [0.3, 0.4) is 0 Å². The van der Waals surface area contributed by atoms with Gasteiger partial charge in [0.15, 0.2) is 0 Å². The number of allylic oxidation sites excluding steroid dienone is 2. The maximum absolute atomic E-state index is 4.08. The Morgan fingerprint density at radius 1 is 0.375 bits per heavy atom. The lowest BCUT2D eigenvalue weighted by Crippen LogP contribution is -2.11. The smallest absolute Gasteiger partial charge is 0.0540 e. The van der Waals surface area contributed by atoms with Gasteiger partial charge >= 0.3 is 0 Å². The van der Waals surface area contributed by atoms with Crippen molar-refractivity contribution in [3.8, 4) is 11.1 Å². The Bertz CT molecular complexity index is 2640. The fourth-order valence-corrected chi connectivity index (χ4v) is 7.72. The molecule has 8 aromatic carbocycles. The lowest BCUT2D eigenvalue weighted by molar-refractivity contribution is 1.25. The van der Waals surface area contributed by atoms with Crippen molar-refractivity contribution in [3.05, 3.63) is 231 Å². The first-order chi connectivity index (χ1) is 27.6. The number of benzene rings is 8. The Morgan fingerprint density at radius 3 is 1.32 bits per heavy atom. The number of hydrogen-bond acceptors (Lipinski definition) is 2. The lowest BCUT2D eigenvalue weighted by atomic mass is 9.99. The minimum atomic E-state index is 0.820. The molecule has 0 fully saturated rings. The molecule has 0 amide bonds. The molecule has 0 spiro atoms. The monoisotopic (exact) mass is 720 g/mol. The van der Waals surface area contributed by atoms with Gasteiger partial charge < -0.3 is 9.80 Å². The summed E-state index contributed by atoms with van der Waals surface area (Å²) in [5, 5.41) is 4.79. The number of fused-ring (bicyclic) bond motifs is 2. The third kappa shape index (κ3) is 6.97. The van der Waals surface area contributed by atoms with Gasteiger partial charge in [-0.05, 0) is 118 Å². The highest BCUT2D eigenvalue weighted by Gasteiger charge is 2.19. The summed E-state index contributed by atoms with van der Waals surface area (Å²) < 4.78 is 0. The summed E-state index contributed by atoms with van der Waals surface area (Å²) in [5.41, 5.74) is 13.6. The molecule has 0 aliphatic heterocycles. The molecule has 2 nitrogen and oxygen atoms in total. The molecular formula is C54H44N2. The van der Waals surface area contributed by atoms with E-state index in [1.165, 1.54) is 32.7 Å². The van der Waals surface area contributed by atoms with E-state index in [0.29, 0.717) is 0 Å². The molecule has 8 aromatic rings. The molecule has 0 atom stereocenters. The van der Waals surface area contributed by atoms with Crippen molar-refractivity contribution < 1.29 is 0 Å². The zero-order valence-corrected chi connectivity index (χ0v) is 31.6.